The summed E-state index contributed by atoms with van der Waals surface area (Å²) >= 11 is 1.29. The highest BCUT2D eigenvalue weighted by atomic mass is 32.2. The van der Waals surface area contributed by atoms with Crippen LogP contribution in [0.3, 0.4) is 0 Å². The molecule has 0 aliphatic carbocycles. The first-order chi connectivity index (χ1) is 13.9. The molecule has 154 valence electrons. The summed E-state index contributed by atoms with van der Waals surface area (Å²) in [6.07, 6.45) is 2.60. The Morgan fingerprint density at radius 1 is 1.45 bits per heavy atom. The number of carbonyl (C=O) groups excluding carboxylic acids is 3. The Hall–Kier alpha value is -3.28. The number of nitrogens with one attached hydrogen (secondary N) is 2. The molecule has 11 nitrogen and oxygen atoms in total. The zero-order chi connectivity index (χ0) is 21.0. The van der Waals surface area contributed by atoms with Crippen molar-refractivity contribution in [3.63, 3.8) is 0 Å². The van der Waals surface area contributed by atoms with Gasteiger partial charge in [-0.1, -0.05) is 5.16 Å². The number of amides is 3. The van der Waals surface area contributed by atoms with Gasteiger partial charge in [0.1, 0.15) is 22.9 Å². The van der Waals surface area contributed by atoms with E-state index in [0.29, 0.717) is 5.76 Å². The van der Waals surface area contributed by atoms with E-state index in [2.05, 4.69) is 15.8 Å². The molecule has 3 rings (SSSR count). The molecule has 3 heterocycles. The number of oxime groups is 1. The summed E-state index contributed by atoms with van der Waals surface area (Å²) < 4.78 is 5.10. The van der Waals surface area contributed by atoms with Crippen molar-refractivity contribution in [3.05, 3.63) is 35.4 Å². The summed E-state index contributed by atoms with van der Waals surface area (Å²) in [5, 5.41) is 17.6. The van der Waals surface area contributed by atoms with Crippen LogP contribution in [0.4, 0.5) is 0 Å². The van der Waals surface area contributed by atoms with Gasteiger partial charge >= 0.3 is 5.97 Å². The predicted molar refractivity (Wildman–Crippen MR) is 101 cm³/mol. The second-order valence-electron chi connectivity index (χ2n) is 6.07. The Bertz CT molecular complexity index is 880. The molecule has 0 aromatic carbocycles. The fourth-order valence-corrected chi connectivity index (χ4v) is 4.10. The lowest BCUT2D eigenvalue weighted by Gasteiger charge is -2.49. The minimum Gasteiger partial charge on any atom is -0.477 e. The van der Waals surface area contributed by atoms with E-state index in [4.69, 9.17) is 9.25 Å². The minimum absolute atomic E-state index is 0.0175. The maximum Gasteiger partial charge on any atom is 0.353 e. The van der Waals surface area contributed by atoms with Crippen LogP contribution in [-0.4, -0.2) is 70.7 Å². The van der Waals surface area contributed by atoms with Crippen LogP contribution in [0.25, 0.3) is 0 Å². The van der Waals surface area contributed by atoms with Gasteiger partial charge in [-0.3, -0.25) is 19.3 Å². The Labute approximate surface area is 169 Å². The molecule has 1 aromatic rings. The van der Waals surface area contributed by atoms with E-state index in [1.807, 2.05) is 0 Å². The van der Waals surface area contributed by atoms with E-state index in [9.17, 15) is 24.3 Å². The van der Waals surface area contributed by atoms with Crippen molar-refractivity contribution in [2.45, 2.75) is 17.8 Å². The Morgan fingerprint density at radius 3 is 2.90 bits per heavy atom. The van der Waals surface area contributed by atoms with Crippen molar-refractivity contribution < 1.29 is 33.5 Å². The van der Waals surface area contributed by atoms with Crippen LogP contribution in [0.15, 0.2) is 39.2 Å². The Kier molecular flexibility index (Phi) is 6.22. The summed E-state index contributed by atoms with van der Waals surface area (Å²) in [6, 6.07) is 2.48. The number of carbonyl (C=O) groups is 4. The summed E-state index contributed by atoms with van der Waals surface area (Å²) in [5.41, 5.74) is 0.0481. The van der Waals surface area contributed by atoms with Crippen LogP contribution in [0, 0.1) is 0 Å². The number of carboxylic acids is 1. The van der Waals surface area contributed by atoms with Crippen molar-refractivity contribution in [2.24, 2.45) is 5.16 Å². The van der Waals surface area contributed by atoms with Crippen LogP contribution in [0.1, 0.15) is 5.76 Å². The van der Waals surface area contributed by atoms with Crippen LogP contribution < -0.4 is 10.6 Å². The van der Waals surface area contributed by atoms with Crippen LogP contribution in [-0.2, 0) is 30.4 Å². The number of β-lactam (4-membered cyclic amide) rings is 1. The number of thioether (sulfide) groups is 1. The molecular weight excluding hydrogens is 404 g/mol. The van der Waals surface area contributed by atoms with Crippen LogP contribution >= 0.6 is 11.8 Å². The van der Waals surface area contributed by atoms with Gasteiger partial charge in [-0.25, -0.2) is 4.79 Å². The van der Waals surface area contributed by atoms with Gasteiger partial charge in [-0.2, -0.15) is 0 Å². The smallest absolute Gasteiger partial charge is 0.353 e. The third-order valence-corrected chi connectivity index (χ3v) is 5.49. The average molecular weight is 422 g/mol. The second-order valence-corrected chi connectivity index (χ2v) is 7.18. The highest BCUT2D eigenvalue weighted by Crippen LogP contribution is 2.39. The topological polar surface area (TPSA) is 151 Å². The highest BCUT2D eigenvalue weighted by molar-refractivity contribution is 8.00. The van der Waals surface area contributed by atoms with E-state index >= 15 is 0 Å². The molecule has 2 aliphatic heterocycles. The van der Waals surface area contributed by atoms with Gasteiger partial charge < -0.3 is 25.0 Å². The van der Waals surface area contributed by atoms with Crippen molar-refractivity contribution >= 4 is 41.7 Å². The largest absolute Gasteiger partial charge is 0.477 e. The molecule has 0 saturated carbocycles. The number of furan rings is 1. The SMILES string of the molecule is CNC(=O)CON=CC1=C(C(=O)O)N2C(=O)[C@@H](NC(=O)Cc3ccco3)[C@H]2SC1. The third kappa shape index (κ3) is 4.42. The molecule has 3 N–H and O–H groups in total. The summed E-state index contributed by atoms with van der Waals surface area (Å²) in [7, 11) is 1.44. The van der Waals surface area contributed by atoms with Gasteiger partial charge in [0.05, 0.1) is 18.9 Å². The molecule has 0 spiro atoms. The third-order valence-electron chi connectivity index (χ3n) is 4.19. The average Bonchev–Trinajstić information content (AvgIpc) is 3.21. The normalized spacial score (nSPS) is 20.9. The fraction of sp³-hybridized carbons (Fsp3) is 0.353. The highest BCUT2D eigenvalue weighted by Gasteiger charge is 2.54. The molecular formula is C17H18N4O7S. The van der Waals surface area contributed by atoms with Crippen molar-refractivity contribution in [1.29, 1.82) is 0 Å². The molecule has 29 heavy (non-hydrogen) atoms. The van der Waals surface area contributed by atoms with Gasteiger partial charge in [-0.15, -0.1) is 11.8 Å². The first kappa shape index (κ1) is 20.5. The Balaban J connectivity index is 1.66. The number of fused-ring (bicyclic) bond motifs is 1. The molecule has 1 saturated heterocycles. The van der Waals surface area contributed by atoms with Crippen molar-refractivity contribution in [1.82, 2.24) is 15.5 Å². The van der Waals surface area contributed by atoms with Gasteiger partial charge in [-0.05, 0) is 12.1 Å². The van der Waals surface area contributed by atoms with E-state index in [0.717, 1.165) is 4.90 Å². The molecule has 1 aromatic heterocycles. The molecule has 2 aliphatic rings. The van der Waals surface area contributed by atoms with Gasteiger partial charge in [0.15, 0.2) is 6.61 Å². The standard InChI is InChI=1S/C17H18N4O7S/c1-18-12(23)7-28-19-6-9-8-29-16-13(15(24)21(16)14(9)17(25)26)20-11(22)5-10-3-2-4-27-10/h2-4,6,13,16H,5,7-8H2,1H3,(H,18,23)(H,20,22)(H,25,26)/t13-,16-/m1/s1. The molecule has 1 fully saturated rings. The lowest BCUT2D eigenvalue weighted by atomic mass is 10.0. The first-order valence-corrected chi connectivity index (χ1v) is 9.56. The van der Waals surface area contributed by atoms with E-state index < -0.39 is 35.1 Å². The zero-order valence-corrected chi connectivity index (χ0v) is 16.1. The van der Waals surface area contributed by atoms with Gasteiger partial charge in [0.2, 0.25) is 5.91 Å². The number of hydrogen-bond acceptors (Lipinski definition) is 8. The predicted octanol–water partition coefficient (Wildman–Crippen LogP) is -0.691. The number of aliphatic carboxylic acids is 1. The summed E-state index contributed by atoms with van der Waals surface area (Å²) in [6.45, 7) is -0.315. The minimum atomic E-state index is -1.29. The molecule has 3 amide bonds. The summed E-state index contributed by atoms with van der Waals surface area (Å²) in [4.78, 5) is 53.3. The maximum atomic E-state index is 12.5. The quantitative estimate of drug-likeness (QED) is 0.283. The van der Waals surface area contributed by atoms with Crippen molar-refractivity contribution in [2.75, 3.05) is 19.4 Å². The number of nitrogens with zero attached hydrogens (tertiary/aromatic N) is 2. The molecule has 12 heteroatoms. The van der Waals surface area contributed by atoms with E-state index in [1.165, 1.54) is 31.3 Å². The fourth-order valence-electron chi connectivity index (χ4n) is 2.81. The monoisotopic (exact) mass is 422 g/mol. The first-order valence-electron chi connectivity index (χ1n) is 8.51. The number of rotatable bonds is 8. The molecule has 0 radical (unpaired) electrons. The maximum absolute atomic E-state index is 12.5. The lowest BCUT2D eigenvalue weighted by molar-refractivity contribution is -0.150. The number of carboxylic acid groups (broad SMARTS) is 1. The Morgan fingerprint density at radius 2 is 2.24 bits per heavy atom. The van der Waals surface area contributed by atoms with Crippen LogP contribution in [0.2, 0.25) is 0 Å². The number of likely N-dealkylation sites (N-methyl/N-ethyl adjacent to an activating group) is 1. The molecule has 0 bridgehead atoms. The van der Waals surface area contributed by atoms with E-state index in [-0.39, 0.29) is 30.1 Å². The zero-order valence-electron chi connectivity index (χ0n) is 15.3. The lowest BCUT2D eigenvalue weighted by Crippen LogP contribution is -2.70. The van der Waals surface area contributed by atoms with E-state index in [1.54, 1.807) is 12.1 Å². The molecule has 2 atom stereocenters. The number of hydrogen-bond donors (Lipinski definition) is 3. The van der Waals surface area contributed by atoms with Gasteiger partial charge in [0.25, 0.3) is 11.8 Å². The van der Waals surface area contributed by atoms with Crippen molar-refractivity contribution in [3.8, 4) is 0 Å². The second kappa shape index (κ2) is 8.82. The van der Waals surface area contributed by atoms with Crippen LogP contribution in [0.5, 0.6) is 0 Å². The summed E-state index contributed by atoms with van der Waals surface area (Å²) in [5.74, 6) is -1.90. The molecule has 0 unspecified atom stereocenters. The van der Waals surface area contributed by atoms with Gasteiger partial charge in [0, 0.05) is 18.4 Å².